The molecule has 0 fully saturated rings. The number of nitrogens with one attached hydrogen (secondary N) is 1. The maximum atomic E-state index is 13.5. The maximum Gasteiger partial charge on any atom is 0.243 e. The van der Waals surface area contributed by atoms with Crippen molar-refractivity contribution >= 4 is 33.2 Å². The van der Waals surface area contributed by atoms with Crippen molar-refractivity contribution in [3.63, 3.8) is 0 Å². The monoisotopic (exact) mass is 534 g/mol. The molecule has 6 nitrogen and oxygen atoms in total. The fraction of sp³-hybridized carbons (Fsp3) is 0.138. The van der Waals surface area contributed by atoms with E-state index in [9.17, 15) is 13.2 Å². The summed E-state index contributed by atoms with van der Waals surface area (Å²) in [6.45, 7) is 2.04. The minimum atomic E-state index is -3.97. The number of ether oxygens (including phenoxy) is 1. The van der Waals surface area contributed by atoms with Gasteiger partial charge in [-0.15, -0.1) is 0 Å². The van der Waals surface area contributed by atoms with Crippen LogP contribution in [0.2, 0.25) is 5.02 Å². The van der Waals surface area contributed by atoms with Gasteiger partial charge in [0.15, 0.2) is 0 Å². The van der Waals surface area contributed by atoms with Crippen LogP contribution in [0.25, 0.3) is 0 Å². The summed E-state index contributed by atoms with van der Waals surface area (Å²) in [5.74, 6) is 0.206. The van der Waals surface area contributed by atoms with Gasteiger partial charge in [0.05, 0.1) is 11.4 Å². The van der Waals surface area contributed by atoms with Crippen LogP contribution in [0, 0.1) is 6.92 Å². The second kappa shape index (κ2) is 12.1. The van der Waals surface area contributed by atoms with Crippen LogP contribution < -0.4 is 10.1 Å². The zero-order chi connectivity index (χ0) is 26.3. The second-order valence-corrected chi connectivity index (χ2v) is 10.9. The van der Waals surface area contributed by atoms with Crippen LogP contribution >= 0.6 is 11.6 Å². The molecule has 0 aliphatic heterocycles. The number of benzene rings is 4. The average Bonchev–Trinajstić information content (AvgIpc) is 2.90. The molecule has 8 heteroatoms. The Hall–Kier alpha value is -3.65. The van der Waals surface area contributed by atoms with Crippen LogP contribution in [0.15, 0.2) is 108 Å². The molecule has 4 rings (SSSR count). The van der Waals surface area contributed by atoms with Gasteiger partial charge in [-0.1, -0.05) is 66.2 Å². The summed E-state index contributed by atoms with van der Waals surface area (Å²) < 4.78 is 33.9. The lowest BCUT2D eigenvalue weighted by Crippen LogP contribution is -2.37. The zero-order valence-electron chi connectivity index (χ0n) is 20.3. The van der Waals surface area contributed by atoms with Gasteiger partial charge in [-0.2, -0.15) is 4.31 Å². The third-order valence-corrected chi connectivity index (χ3v) is 7.82. The highest BCUT2D eigenvalue weighted by Crippen LogP contribution is 2.22. The van der Waals surface area contributed by atoms with Crippen LogP contribution in [0.4, 0.5) is 5.69 Å². The van der Waals surface area contributed by atoms with Gasteiger partial charge < -0.3 is 10.1 Å². The van der Waals surface area contributed by atoms with Gasteiger partial charge in [0.25, 0.3) is 0 Å². The molecule has 0 spiro atoms. The summed E-state index contributed by atoms with van der Waals surface area (Å²) in [5.41, 5.74) is 3.34. The largest absolute Gasteiger partial charge is 0.489 e. The molecule has 37 heavy (non-hydrogen) atoms. The van der Waals surface area contributed by atoms with Crippen LogP contribution in [0.5, 0.6) is 5.75 Å². The summed E-state index contributed by atoms with van der Waals surface area (Å²) in [5, 5.41) is 3.21. The van der Waals surface area contributed by atoms with Crippen molar-refractivity contribution in [2.75, 3.05) is 11.9 Å². The fourth-order valence-corrected chi connectivity index (χ4v) is 5.20. The molecule has 0 unspecified atom stereocenters. The van der Waals surface area contributed by atoms with Crippen LogP contribution in [-0.2, 0) is 28.0 Å². The summed E-state index contributed by atoms with van der Waals surface area (Å²) in [7, 11) is -3.97. The number of sulfonamides is 1. The Balaban J connectivity index is 1.46. The van der Waals surface area contributed by atoms with E-state index < -0.39 is 15.9 Å². The lowest BCUT2D eigenvalue weighted by molar-refractivity contribution is -0.116. The Kier molecular flexibility index (Phi) is 8.61. The molecule has 0 aromatic heterocycles. The molecule has 0 aliphatic rings. The van der Waals surface area contributed by atoms with Crippen molar-refractivity contribution < 1.29 is 17.9 Å². The topological polar surface area (TPSA) is 75.7 Å². The number of anilines is 1. The van der Waals surface area contributed by atoms with E-state index in [2.05, 4.69) is 5.32 Å². The zero-order valence-corrected chi connectivity index (χ0v) is 21.9. The van der Waals surface area contributed by atoms with Crippen molar-refractivity contribution in [2.45, 2.75) is 25.0 Å². The smallest absolute Gasteiger partial charge is 0.243 e. The van der Waals surface area contributed by atoms with Gasteiger partial charge >= 0.3 is 0 Å². The Morgan fingerprint density at radius 1 is 0.865 bits per heavy atom. The average molecular weight is 535 g/mol. The predicted octanol–water partition coefficient (Wildman–Crippen LogP) is 6.06. The molecule has 0 aliphatic carbocycles. The molecule has 0 bridgehead atoms. The first-order chi connectivity index (χ1) is 17.8. The summed E-state index contributed by atoms with van der Waals surface area (Å²) in [6.07, 6.45) is 0. The second-order valence-electron chi connectivity index (χ2n) is 8.50. The lowest BCUT2D eigenvalue weighted by Gasteiger charge is -2.23. The first kappa shape index (κ1) is 26.4. The number of aryl methyl sites for hydroxylation is 1. The standard InChI is InChI=1S/C29H27ClN2O4S/c1-22-7-5-6-10-24(22)19-32(37(34,35)28-17-11-25(30)12-18-28)20-29(33)31-26-13-15-27(16-14-26)36-21-23-8-3-2-4-9-23/h2-18H,19-21H2,1H3,(H,31,33). The molecule has 4 aromatic rings. The third kappa shape index (κ3) is 7.20. The Morgan fingerprint density at radius 2 is 1.51 bits per heavy atom. The van der Waals surface area contributed by atoms with Gasteiger partial charge in [-0.25, -0.2) is 8.42 Å². The number of nitrogens with zero attached hydrogens (tertiary/aromatic N) is 1. The third-order valence-electron chi connectivity index (χ3n) is 5.77. The minimum Gasteiger partial charge on any atom is -0.489 e. The van der Waals surface area contributed by atoms with Gasteiger partial charge in [-0.05, 0) is 72.1 Å². The van der Waals surface area contributed by atoms with E-state index in [1.165, 1.54) is 28.6 Å². The first-order valence-corrected chi connectivity index (χ1v) is 13.5. The van der Waals surface area contributed by atoms with Crippen molar-refractivity contribution in [1.29, 1.82) is 0 Å². The van der Waals surface area contributed by atoms with E-state index in [1.54, 1.807) is 24.3 Å². The lowest BCUT2D eigenvalue weighted by atomic mass is 10.1. The normalized spacial score (nSPS) is 11.3. The van der Waals surface area contributed by atoms with Gasteiger partial charge in [0.2, 0.25) is 15.9 Å². The molecule has 0 atom stereocenters. The molecule has 4 aromatic carbocycles. The van der Waals surface area contributed by atoms with E-state index in [0.717, 1.165) is 16.7 Å². The number of hydrogen-bond donors (Lipinski definition) is 1. The predicted molar refractivity (Wildman–Crippen MR) is 146 cm³/mol. The summed E-state index contributed by atoms with van der Waals surface area (Å²) in [4.78, 5) is 13.0. The van der Waals surface area contributed by atoms with E-state index in [4.69, 9.17) is 16.3 Å². The number of carbonyl (C=O) groups excluding carboxylic acids is 1. The summed E-state index contributed by atoms with van der Waals surface area (Å²) >= 11 is 5.95. The van der Waals surface area contributed by atoms with Gasteiger partial charge in [0, 0.05) is 17.3 Å². The van der Waals surface area contributed by atoms with Crippen molar-refractivity contribution in [3.05, 3.63) is 125 Å². The molecule has 0 heterocycles. The van der Waals surface area contributed by atoms with E-state index in [1.807, 2.05) is 61.5 Å². The molecular formula is C29H27ClN2O4S. The Morgan fingerprint density at radius 3 is 2.19 bits per heavy atom. The number of rotatable bonds is 10. The van der Waals surface area contributed by atoms with Crippen molar-refractivity contribution in [2.24, 2.45) is 0 Å². The van der Waals surface area contributed by atoms with Crippen LogP contribution in [0.1, 0.15) is 16.7 Å². The maximum absolute atomic E-state index is 13.5. The molecule has 1 amide bonds. The SMILES string of the molecule is Cc1ccccc1CN(CC(=O)Nc1ccc(OCc2ccccc2)cc1)S(=O)(=O)c1ccc(Cl)cc1. The quantitative estimate of drug-likeness (QED) is 0.268. The highest BCUT2D eigenvalue weighted by Gasteiger charge is 2.27. The first-order valence-electron chi connectivity index (χ1n) is 11.7. The summed E-state index contributed by atoms with van der Waals surface area (Å²) in [6, 6.07) is 30.2. The van der Waals surface area contributed by atoms with Crippen molar-refractivity contribution in [3.8, 4) is 5.75 Å². The molecule has 190 valence electrons. The van der Waals surface area contributed by atoms with Crippen molar-refractivity contribution in [1.82, 2.24) is 4.31 Å². The van der Waals surface area contributed by atoms with Crippen LogP contribution in [0.3, 0.4) is 0 Å². The van der Waals surface area contributed by atoms with E-state index >= 15 is 0 Å². The highest BCUT2D eigenvalue weighted by molar-refractivity contribution is 7.89. The molecule has 0 saturated heterocycles. The molecular weight excluding hydrogens is 508 g/mol. The van der Waals surface area contributed by atoms with Gasteiger partial charge in [-0.3, -0.25) is 4.79 Å². The Bertz CT molecular complexity index is 1440. The molecule has 0 saturated carbocycles. The molecule has 1 N–H and O–H groups in total. The highest BCUT2D eigenvalue weighted by atomic mass is 35.5. The van der Waals surface area contributed by atoms with Gasteiger partial charge in [0.1, 0.15) is 12.4 Å². The fourth-order valence-electron chi connectivity index (χ4n) is 3.70. The number of amides is 1. The van der Waals surface area contributed by atoms with E-state index in [-0.39, 0.29) is 18.0 Å². The number of halogens is 1. The minimum absolute atomic E-state index is 0.0529. The molecule has 0 radical (unpaired) electrons. The van der Waals surface area contributed by atoms with E-state index in [0.29, 0.717) is 23.1 Å². The van der Waals surface area contributed by atoms with Crippen LogP contribution in [-0.4, -0.2) is 25.2 Å². The Labute approximate surface area is 222 Å². The number of carbonyl (C=O) groups is 1. The number of hydrogen-bond acceptors (Lipinski definition) is 4.